The minimum absolute atomic E-state index is 0.447. The topological polar surface area (TPSA) is 33.6 Å². The van der Waals surface area contributed by atoms with Gasteiger partial charge in [-0.15, -0.1) is 0 Å². The molecule has 1 N–H and O–H groups in total. The molecule has 90 valence electrons. The van der Waals surface area contributed by atoms with Crippen molar-refractivity contribution in [2.75, 3.05) is 0 Å². The van der Waals surface area contributed by atoms with Gasteiger partial charge in [-0.2, -0.15) is 5.10 Å². The molecule has 0 aliphatic carbocycles. The zero-order valence-electron chi connectivity index (χ0n) is 10.2. The summed E-state index contributed by atoms with van der Waals surface area (Å²) in [6, 6.07) is 10.1. The van der Waals surface area contributed by atoms with Gasteiger partial charge in [0.2, 0.25) is 0 Å². The van der Waals surface area contributed by atoms with Crippen LogP contribution < -0.4 is 0 Å². The van der Waals surface area contributed by atoms with E-state index < -0.39 is 0 Å². The van der Waals surface area contributed by atoms with Gasteiger partial charge in [0.1, 0.15) is 5.82 Å². The Morgan fingerprint density at radius 1 is 1.24 bits per heavy atom. The summed E-state index contributed by atoms with van der Waals surface area (Å²) in [6.07, 6.45) is 2.14. The van der Waals surface area contributed by atoms with Crippen molar-refractivity contribution in [3.05, 3.63) is 40.9 Å². The highest BCUT2D eigenvalue weighted by atomic mass is 32.1. The maximum absolute atomic E-state index is 5.31. The summed E-state index contributed by atoms with van der Waals surface area (Å²) in [4.78, 5) is 0. The van der Waals surface area contributed by atoms with Crippen LogP contribution in [0.15, 0.2) is 30.3 Å². The summed E-state index contributed by atoms with van der Waals surface area (Å²) >= 11 is 5.31. The number of aromatic amines is 1. The third kappa shape index (κ3) is 2.31. The maximum atomic E-state index is 5.31. The van der Waals surface area contributed by atoms with Crippen LogP contribution in [0, 0.1) is 4.77 Å². The third-order valence-electron chi connectivity index (χ3n) is 3.06. The largest absolute Gasteiger partial charge is 0.272 e. The molecule has 0 amide bonds. The molecule has 0 aliphatic rings. The molecule has 0 atom stereocenters. The first kappa shape index (κ1) is 12.0. The van der Waals surface area contributed by atoms with Crippen molar-refractivity contribution in [3.63, 3.8) is 0 Å². The van der Waals surface area contributed by atoms with Gasteiger partial charge in [-0.3, -0.25) is 9.67 Å². The lowest BCUT2D eigenvalue weighted by Crippen LogP contribution is -2.06. The lowest BCUT2D eigenvalue weighted by molar-refractivity contribution is 0.589. The van der Waals surface area contributed by atoms with E-state index in [0.717, 1.165) is 24.4 Å². The van der Waals surface area contributed by atoms with Crippen molar-refractivity contribution in [2.24, 2.45) is 0 Å². The molecular weight excluding hydrogens is 230 g/mol. The molecule has 0 saturated heterocycles. The van der Waals surface area contributed by atoms with E-state index in [0.29, 0.717) is 10.7 Å². The molecule has 1 aromatic carbocycles. The number of aromatic nitrogens is 3. The third-order valence-corrected chi connectivity index (χ3v) is 3.34. The van der Waals surface area contributed by atoms with E-state index in [1.165, 1.54) is 0 Å². The van der Waals surface area contributed by atoms with Crippen molar-refractivity contribution in [3.8, 4) is 5.69 Å². The number of hydrogen-bond donors (Lipinski definition) is 1. The van der Waals surface area contributed by atoms with Crippen LogP contribution in [0.1, 0.15) is 38.4 Å². The van der Waals surface area contributed by atoms with Crippen LogP contribution in [0.3, 0.4) is 0 Å². The van der Waals surface area contributed by atoms with Crippen LogP contribution >= 0.6 is 12.2 Å². The number of nitrogens with one attached hydrogen (secondary N) is 1. The summed E-state index contributed by atoms with van der Waals surface area (Å²) in [5, 5.41) is 7.28. The highest BCUT2D eigenvalue weighted by Gasteiger charge is 2.16. The average Bonchev–Trinajstić information content (AvgIpc) is 2.74. The molecule has 0 fully saturated rings. The molecule has 0 saturated carbocycles. The van der Waals surface area contributed by atoms with Gasteiger partial charge in [-0.1, -0.05) is 32.0 Å². The first-order valence-electron chi connectivity index (χ1n) is 6.00. The van der Waals surface area contributed by atoms with E-state index in [9.17, 15) is 0 Å². The van der Waals surface area contributed by atoms with Gasteiger partial charge in [-0.25, -0.2) is 0 Å². The van der Waals surface area contributed by atoms with E-state index >= 15 is 0 Å². The normalized spacial score (nSPS) is 11.0. The molecule has 3 nitrogen and oxygen atoms in total. The fraction of sp³-hybridized carbons (Fsp3) is 0.385. The van der Waals surface area contributed by atoms with Crippen LogP contribution in [0.5, 0.6) is 0 Å². The van der Waals surface area contributed by atoms with Gasteiger partial charge < -0.3 is 0 Å². The Morgan fingerprint density at radius 2 is 1.88 bits per heavy atom. The quantitative estimate of drug-likeness (QED) is 0.833. The lowest BCUT2D eigenvalue weighted by Gasteiger charge is -2.13. The van der Waals surface area contributed by atoms with Crippen LogP contribution in [0.25, 0.3) is 5.69 Å². The van der Waals surface area contributed by atoms with Crippen LogP contribution in [-0.4, -0.2) is 14.8 Å². The fourth-order valence-corrected chi connectivity index (χ4v) is 2.31. The van der Waals surface area contributed by atoms with E-state index in [1.54, 1.807) is 0 Å². The number of benzene rings is 1. The standard InChI is InChI=1S/C13H17N3S/c1-3-10(4-2)12-14-15-13(17)16(12)11-8-6-5-7-9-11/h5-10H,3-4H2,1-2H3,(H,15,17). The highest BCUT2D eigenvalue weighted by Crippen LogP contribution is 2.23. The zero-order chi connectivity index (χ0) is 12.3. The van der Waals surface area contributed by atoms with E-state index in [4.69, 9.17) is 12.2 Å². The Balaban J connectivity index is 2.54. The Morgan fingerprint density at radius 3 is 2.47 bits per heavy atom. The van der Waals surface area contributed by atoms with E-state index in [2.05, 4.69) is 36.2 Å². The minimum atomic E-state index is 0.447. The Kier molecular flexibility index (Phi) is 3.74. The molecule has 0 spiro atoms. The van der Waals surface area contributed by atoms with E-state index in [1.807, 2.05) is 22.8 Å². The smallest absolute Gasteiger partial charge is 0.199 e. The maximum Gasteiger partial charge on any atom is 0.199 e. The molecule has 0 unspecified atom stereocenters. The second-order valence-electron chi connectivity index (χ2n) is 4.07. The molecular formula is C13H17N3S. The molecule has 0 aliphatic heterocycles. The molecule has 2 aromatic rings. The van der Waals surface area contributed by atoms with Gasteiger partial charge >= 0.3 is 0 Å². The van der Waals surface area contributed by atoms with Gasteiger partial charge in [0.05, 0.1) is 0 Å². The Labute approximate surface area is 106 Å². The Bertz CT molecular complexity index is 523. The number of rotatable bonds is 4. The van der Waals surface area contributed by atoms with Crippen molar-refractivity contribution in [1.82, 2.24) is 14.8 Å². The summed E-state index contributed by atoms with van der Waals surface area (Å²) in [6.45, 7) is 4.36. The van der Waals surface area contributed by atoms with Gasteiger partial charge in [0, 0.05) is 11.6 Å². The van der Waals surface area contributed by atoms with Gasteiger partial charge in [0.15, 0.2) is 4.77 Å². The molecule has 2 rings (SSSR count). The predicted molar refractivity (Wildman–Crippen MR) is 72.1 cm³/mol. The molecule has 17 heavy (non-hydrogen) atoms. The van der Waals surface area contributed by atoms with Gasteiger partial charge in [-0.05, 0) is 37.2 Å². The summed E-state index contributed by atoms with van der Waals surface area (Å²) in [5.41, 5.74) is 1.08. The average molecular weight is 247 g/mol. The van der Waals surface area contributed by atoms with Crippen LogP contribution in [0.2, 0.25) is 0 Å². The van der Waals surface area contributed by atoms with Crippen molar-refractivity contribution < 1.29 is 0 Å². The number of H-pyrrole nitrogens is 1. The second-order valence-corrected chi connectivity index (χ2v) is 4.46. The number of nitrogens with zero attached hydrogens (tertiary/aromatic N) is 2. The van der Waals surface area contributed by atoms with Crippen molar-refractivity contribution in [2.45, 2.75) is 32.6 Å². The molecule has 0 bridgehead atoms. The molecule has 1 aromatic heterocycles. The summed E-state index contributed by atoms with van der Waals surface area (Å²) in [7, 11) is 0. The summed E-state index contributed by atoms with van der Waals surface area (Å²) < 4.78 is 2.70. The monoisotopic (exact) mass is 247 g/mol. The van der Waals surface area contributed by atoms with Crippen molar-refractivity contribution >= 4 is 12.2 Å². The first-order chi connectivity index (χ1) is 8.27. The van der Waals surface area contributed by atoms with Crippen LogP contribution in [-0.2, 0) is 0 Å². The fourth-order valence-electron chi connectivity index (χ4n) is 2.06. The molecule has 4 heteroatoms. The predicted octanol–water partition coefficient (Wildman–Crippen LogP) is 3.83. The minimum Gasteiger partial charge on any atom is -0.272 e. The molecule has 1 heterocycles. The Hall–Kier alpha value is -1.42. The molecule has 0 radical (unpaired) electrons. The number of hydrogen-bond acceptors (Lipinski definition) is 2. The highest BCUT2D eigenvalue weighted by molar-refractivity contribution is 7.71. The second kappa shape index (κ2) is 5.27. The SMILES string of the molecule is CCC(CC)c1n[nH]c(=S)n1-c1ccccc1. The lowest BCUT2D eigenvalue weighted by atomic mass is 10.0. The van der Waals surface area contributed by atoms with Crippen LogP contribution in [0.4, 0.5) is 0 Å². The first-order valence-corrected chi connectivity index (χ1v) is 6.41. The van der Waals surface area contributed by atoms with Crippen molar-refractivity contribution in [1.29, 1.82) is 0 Å². The summed E-state index contributed by atoms with van der Waals surface area (Å²) in [5.74, 6) is 1.48. The number of para-hydroxylation sites is 1. The van der Waals surface area contributed by atoms with E-state index in [-0.39, 0.29) is 0 Å². The van der Waals surface area contributed by atoms with Gasteiger partial charge in [0.25, 0.3) is 0 Å². The zero-order valence-corrected chi connectivity index (χ0v) is 11.0.